The third-order valence-electron chi connectivity index (χ3n) is 7.06. The van der Waals surface area contributed by atoms with Gasteiger partial charge < -0.3 is 15.5 Å². The molecule has 2 aliphatic carbocycles. The van der Waals surface area contributed by atoms with Gasteiger partial charge in [0.25, 0.3) is 0 Å². The summed E-state index contributed by atoms with van der Waals surface area (Å²) < 4.78 is 0. The fourth-order valence-electron chi connectivity index (χ4n) is 5.39. The largest absolute Gasteiger partial charge is 0.389 e. The van der Waals surface area contributed by atoms with Crippen LogP contribution in [0, 0.1) is 5.92 Å². The maximum absolute atomic E-state index is 4.40. The predicted octanol–water partition coefficient (Wildman–Crippen LogP) is 6.41. The molecule has 1 aromatic carbocycles. The summed E-state index contributed by atoms with van der Waals surface area (Å²) in [6.45, 7) is 9.23. The number of piperidine rings is 1. The zero-order valence-corrected chi connectivity index (χ0v) is 18.5. The van der Waals surface area contributed by atoms with Crippen molar-refractivity contribution in [3.63, 3.8) is 0 Å². The van der Waals surface area contributed by atoms with Crippen LogP contribution in [0.1, 0.15) is 76.2 Å². The number of benzene rings is 1. The molecule has 1 aromatic rings. The number of nitrogens with zero attached hydrogens (tertiary/aromatic N) is 1. The molecule has 3 nitrogen and oxygen atoms in total. The SMILES string of the molecule is C=C(c1ccc(NC)cc1)N1CCCC2CCCCC21.C=CNC1CCCCC1. The molecule has 4 rings (SSSR count). The van der Waals surface area contributed by atoms with E-state index in [4.69, 9.17) is 0 Å². The van der Waals surface area contributed by atoms with Gasteiger partial charge in [0.15, 0.2) is 0 Å². The van der Waals surface area contributed by atoms with Crippen molar-refractivity contribution < 1.29 is 0 Å². The van der Waals surface area contributed by atoms with Crippen molar-refractivity contribution in [1.82, 2.24) is 10.2 Å². The number of nitrogens with one attached hydrogen (secondary N) is 2. The molecule has 29 heavy (non-hydrogen) atoms. The van der Waals surface area contributed by atoms with Gasteiger partial charge in [-0.05, 0) is 68.3 Å². The third-order valence-corrected chi connectivity index (χ3v) is 7.06. The van der Waals surface area contributed by atoms with Gasteiger partial charge in [-0.1, -0.05) is 57.4 Å². The second-order valence-corrected chi connectivity index (χ2v) is 8.93. The summed E-state index contributed by atoms with van der Waals surface area (Å²) in [4.78, 5) is 2.60. The Hall–Kier alpha value is -1.90. The minimum absolute atomic E-state index is 0.733. The first kappa shape index (κ1) is 21.8. The number of fused-ring (bicyclic) bond motifs is 1. The maximum Gasteiger partial charge on any atom is 0.0369 e. The average Bonchev–Trinajstić information content (AvgIpc) is 2.80. The Morgan fingerprint density at radius 2 is 1.59 bits per heavy atom. The van der Waals surface area contributed by atoms with E-state index in [-0.39, 0.29) is 0 Å². The molecule has 0 radical (unpaired) electrons. The van der Waals surface area contributed by atoms with Crippen LogP contribution in [0.5, 0.6) is 0 Å². The molecule has 0 bridgehead atoms. The Bertz CT molecular complexity index is 628. The second-order valence-electron chi connectivity index (χ2n) is 8.93. The third kappa shape index (κ3) is 6.04. The zero-order valence-electron chi connectivity index (χ0n) is 18.5. The van der Waals surface area contributed by atoms with E-state index in [9.17, 15) is 0 Å². The lowest BCUT2D eigenvalue weighted by Crippen LogP contribution is -2.45. The summed E-state index contributed by atoms with van der Waals surface area (Å²) in [5.74, 6) is 0.908. The fourth-order valence-corrected chi connectivity index (χ4v) is 5.39. The van der Waals surface area contributed by atoms with E-state index in [2.05, 4.69) is 53.0 Å². The molecule has 0 spiro atoms. The molecule has 1 heterocycles. The summed E-state index contributed by atoms with van der Waals surface area (Å²) in [5, 5.41) is 6.42. The molecule has 3 aliphatic rings. The van der Waals surface area contributed by atoms with Gasteiger partial charge in [0, 0.05) is 37.1 Å². The van der Waals surface area contributed by atoms with Crippen LogP contribution in [0.4, 0.5) is 5.69 Å². The molecule has 1 saturated heterocycles. The Morgan fingerprint density at radius 3 is 2.28 bits per heavy atom. The molecule has 1 aliphatic heterocycles. The van der Waals surface area contributed by atoms with Crippen molar-refractivity contribution >= 4 is 11.4 Å². The lowest BCUT2D eigenvalue weighted by Gasteiger charge is -2.46. The summed E-state index contributed by atoms with van der Waals surface area (Å²) in [6.07, 6.45) is 17.1. The average molecular weight is 396 g/mol. The van der Waals surface area contributed by atoms with E-state index in [1.165, 1.54) is 88.4 Å². The highest BCUT2D eigenvalue weighted by atomic mass is 15.2. The zero-order chi connectivity index (χ0) is 20.5. The molecule has 0 aromatic heterocycles. The van der Waals surface area contributed by atoms with Gasteiger partial charge in [0.2, 0.25) is 0 Å². The lowest BCUT2D eigenvalue weighted by atomic mass is 9.78. The highest BCUT2D eigenvalue weighted by Crippen LogP contribution is 2.38. The first-order chi connectivity index (χ1) is 14.2. The van der Waals surface area contributed by atoms with Crippen molar-refractivity contribution in [2.75, 3.05) is 18.9 Å². The molecule has 0 amide bonds. The molecule has 3 fully saturated rings. The summed E-state index contributed by atoms with van der Waals surface area (Å²) in [5.41, 5.74) is 3.66. The van der Waals surface area contributed by atoms with E-state index < -0.39 is 0 Å². The van der Waals surface area contributed by atoms with Crippen molar-refractivity contribution in [3.05, 3.63) is 49.2 Å². The molecular weight excluding hydrogens is 354 g/mol. The fraction of sp³-hybridized carbons (Fsp3) is 0.615. The quantitative estimate of drug-likeness (QED) is 0.603. The highest BCUT2D eigenvalue weighted by Gasteiger charge is 2.33. The van der Waals surface area contributed by atoms with Crippen molar-refractivity contribution in [2.45, 2.75) is 82.7 Å². The molecule has 160 valence electrons. The number of rotatable bonds is 5. The molecule has 3 heteroatoms. The number of anilines is 1. The summed E-state index contributed by atoms with van der Waals surface area (Å²) in [7, 11) is 1.96. The van der Waals surface area contributed by atoms with Gasteiger partial charge in [-0.15, -0.1) is 0 Å². The van der Waals surface area contributed by atoms with E-state index in [1.807, 2.05) is 13.2 Å². The number of hydrogen-bond acceptors (Lipinski definition) is 3. The van der Waals surface area contributed by atoms with Gasteiger partial charge in [-0.2, -0.15) is 0 Å². The number of likely N-dealkylation sites (tertiary alicyclic amines) is 1. The smallest absolute Gasteiger partial charge is 0.0369 e. The van der Waals surface area contributed by atoms with Gasteiger partial charge in [0.05, 0.1) is 0 Å². The van der Waals surface area contributed by atoms with E-state index in [0.717, 1.165) is 23.7 Å². The molecule has 2 saturated carbocycles. The minimum atomic E-state index is 0.733. The first-order valence-corrected chi connectivity index (χ1v) is 11.8. The highest BCUT2D eigenvalue weighted by molar-refractivity contribution is 5.64. The monoisotopic (exact) mass is 395 g/mol. The van der Waals surface area contributed by atoms with Gasteiger partial charge >= 0.3 is 0 Å². The van der Waals surface area contributed by atoms with Crippen LogP contribution in [0.3, 0.4) is 0 Å². The van der Waals surface area contributed by atoms with Crippen molar-refractivity contribution in [1.29, 1.82) is 0 Å². The van der Waals surface area contributed by atoms with Gasteiger partial charge in [-0.25, -0.2) is 0 Å². The lowest BCUT2D eigenvalue weighted by molar-refractivity contribution is 0.111. The van der Waals surface area contributed by atoms with Crippen molar-refractivity contribution in [3.8, 4) is 0 Å². The molecular formula is C26H41N3. The predicted molar refractivity (Wildman–Crippen MR) is 127 cm³/mol. The van der Waals surface area contributed by atoms with E-state index in [1.54, 1.807) is 0 Å². The van der Waals surface area contributed by atoms with Crippen LogP contribution in [-0.4, -0.2) is 30.6 Å². The van der Waals surface area contributed by atoms with Crippen LogP contribution < -0.4 is 10.6 Å². The minimum Gasteiger partial charge on any atom is -0.389 e. The van der Waals surface area contributed by atoms with Crippen LogP contribution in [0.25, 0.3) is 5.70 Å². The van der Waals surface area contributed by atoms with Crippen LogP contribution >= 0.6 is 0 Å². The van der Waals surface area contributed by atoms with E-state index >= 15 is 0 Å². The van der Waals surface area contributed by atoms with Gasteiger partial charge in [0.1, 0.15) is 0 Å². The maximum atomic E-state index is 4.40. The van der Waals surface area contributed by atoms with E-state index in [0.29, 0.717) is 0 Å². The molecule has 2 N–H and O–H groups in total. The Morgan fingerprint density at radius 1 is 0.931 bits per heavy atom. The summed E-state index contributed by atoms with van der Waals surface area (Å²) in [6, 6.07) is 10.2. The topological polar surface area (TPSA) is 27.3 Å². The van der Waals surface area contributed by atoms with Crippen molar-refractivity contribution in [2.24, 2.45) is 5.92 Å². The molecule has 2 unspecified atom stereocenters. The first-order valence-electron chi connectivity index (χ1n) is 11.8. The van der Waals surface area contributed by atoms with Crippen LogP contribution in [0.2, 0.25) is 0 Å². The Kier molecular flexibility index (Phi) is 8.52. The normalized spacial score (nSPS) is 24.5. The van der Waals surface area contributed by atoms with Crippen LogP contribution in [0.15, 0.2) is 43.6 Å². The standard InChI is InChI=1S/C18H26N2.C8H15N/c1-14(15-9-11-17(19-2)12-10-15)20-13-5-7-16-6-3-4-8-18(16)20;1-2-9-8-6-4-3-5-7-8/h9-12,16,18-19H,1,3-8,13H2,2H3;2,8-9H,1,3-7H2. The van der Waals surface area contributed by atoms with Gasteiger partial charge in [-0.3, -0.25) is 0 Å². The second kappa shape index (κ2) is 11.3. The molecule has 2 atom stereocenters. The number of hydrogen-bond donors (Lipinski definition) is 2. The Labute approximate surface area is 178 Å². The van der Waals surface area contributed by atoms with Crippen LogP contribution in [-0.2, 0) is 0 Å². The summed E-state index contributed by atoms with van der Waals surface area (Å²) >= 11 is 0. The Balaban J connectivity index is 0.000000224.